The second-order valence-corrected chi connectivity index (χ2v) is 2.34. The summed E-state index contributed by atoms with van der Waals surface area (Å²) in [6.07, 6.45) is 0. The van der Waals surface area contributed by atoms with Crippen molar-refractivity contribution in [3.05, 3.63) is 34.7 Å². The van der Waals surface area contributed by atoms with E-state index in [4.69, 9.17) is 15.7 Å². The van der Waals surface area contributed by atoms with Crippen molar-refractivity contribution in [1.29, 1.82) is 5.41 Å². The van der Waals surface area contributed by atoms with E-state index < -0.39 is 0 Å². The van der Waals surface area contributed by atoms with E-state index in [0.29, 0.717) is 11.4 Å². The summed E-state index contributed by atoms with van der Waals surface area (Å²) >= 11 is 0. The van der Waals surface area contributed by atoms with Gasteiger partial charge in [-0.25, -0.2) is 0 Å². The number of azide groups is 1. The van der Waals surface area contributed by atoms with E-state index in [1.807, 2.05) is 0 Å². The number of benzene rings is 1. The summed E-state index contributed by atoms with van der Waals surface area (Å²) in [4.78, 5) is 2.64. The summed E-state index contributed by atoms with van der Waals surface area (Å²) in [5.41, 5.74) is 8.65. The first kappa shape index (κ1) is 9.09. The van der Waals surface area contributed by atoms with Gasteiger partial charge in [0.2, 0.25) is 0 Å². The molecule has 5 nitrogen and oxygen atoms in total. The van der Waals surface area contributed by atoms with E-state index in [1.165, 1.54) is 0 Å². The highest BCUT2D eigenvalue weighted by Crippen LogP contribution is 2.17. The second-order valence-electron chi connectivity index (χ2n) is 2.34. The monoisotopic (exact) mass is 176 g/mol. The highest BCUT2D eigenvalue weighted by Gasteiger charge is 1.94. The van der Waals surface area contributed by atoms with Gasteiger partial charge in [0.15, 0.2) is 5.90 Å². The fourth-order valence-electron chi connectivity index (χ4n) is 0.809. The minimum atomic E-state index is 0.122. The topological polar surface area (TPSA) is 81.8 Å². The number of nitrogens with one attached hydrogen (secondary N) is 1. The van der Waals surface area contributed by atoms with Gasteiger partial charge in [0.05, 0.1) is 0 Å². The normalized spacial score (nSPS) is 8.69. The number of rotatable bonds is 2. The van der Waals surface area contributed by atoms with Crippen molar-refractivity contribution in [3.8, 4) is 5.75 Å². The SMILES string of the molecule is CC(=N)Oc1ccc(N=[N+]=[N-])cc1. The summed E-state index contributed by atoms with van der Waals surface area (Å²) < 4.78 is 5.00. The molecule has 1 aromatic rings. The van der Waals surface area contributed by atoms with Crippen LogP contribution in [0.5, 0.6) is 5.75 Å². The zero-order chi connectivity index (χ0) is 9.68. The molecule has 0 heterocycles. The summed E-state index contributed by atoms with van der Waals surface area (Å²) in [5.74, 6) is 0.681. The van der Waals surface area contributed by atoms with Crippen molar-refractivity contribution in [3.63, 3.8) is 0 Å². The maximum absolute atomic E-state index is 8.13. The van der Waals surface area contributed by atoms with E-state index in [1.54, 1.807) is 31.2 Å². The van der Waals surface area contributed by atoms with Crippen LogP contribution in [0.4, 0.5) is 5.69 Å². The van der Waals surface area contributed by atoms with E-state index in [0.717, 1.165) is 0 Å². The molecule has 0 aliphatic heterocycles. The Hall–Kier alpha value is -2.00. The van der Waals surface area contributed by atoms with Gasteiger partial charge in [0.25, 0.3) is 0 Å². The molecule has 0 aliphatic carbocycles. The number of hydrogen-bond donors (Lipinski definition) is 1. The van der Waals surface area contributed by atoms with Gasteiger partial charge in [-0.3, -0.25) is 5.41 Å². The van der Waals surface area contributed by atoms with Crippen LogP contribution in [0.2, 0.25) is 0 Å². The van der Waals surface area contributed by atoms with Gasteiger partial charge in [0, 0.05) is 17.5 Å². The molecule has 66 valence electrons. The molecule has 0 aromatic heterocycles. The molecule has 0 atom stereocenters. The van der Waals surface area contributed by atoms with Crippen LogP contribution < -0.4 is 4.74 Å². The van der Waals surface area contributed by atoms with E-state index in [-0.39, 0.29) is 5.90 Å². The Balaban J connectivity index is 2.80. The fraction of sp³-hybridized carbons (Fsp3) is 0.125. The Morgan fingerprint density at radius 1 is 1.46 bits per heavy atom. The molecule has 5 heteroatoms. The number of nitrogens with zero attached hydrogens (tertiary/aromatic N) is 3. The molecule has 0 saturated heterocycles. The molecule has 0 aliphatic rings. The maximum atomic E-state index is 8.13. The van der Waals surface area contributed by atoms with E-state index in [9.17, 15) is 0 Å². The van der Waals surface area contributed by atoms with Crippen LogP contribution in [0.15, 0.2) is 29.4 Å². The van der Waals surface area contributed by atoms with Gasteiger partial charge < -0.3 is 4.74 Å². The minimum Gasteiger partial charge on any atom is -0.444 e. The Kier molecular flexibility index (Phi) is 2.89. The first-order valence-corrected chi connectivity index (χ1v) is 3.60. The van der Waals surface area contributed by atoms with Gasteiger partial charge in [0.1, 0.15) is 5.75 Å². The standard InChI is InChI=1S/C8H8N4O/c1-6(9)13-8-4-2-7(3-5-8)11-12-10/h2-5,9H,1H3. The molecule has 0 spiro atoms. The molecule has 13 heavy (non-hydrogen) atoms. The Morgan fingerprint density at radius 2 is 2.08 bits per heavy atom. The van der Waals surface area contributed by atoms with Crippen LogP contribution in [-0.2, 0) is 0 Å². The molecule has 0 bridgehead atoms. The van der Waals surface area contributed by atoms with Crippen molar-refractivity contribution in [1.82, 2.24) is 0 Å². The van der Waals surface area contributed by atoms with Crippen molar-refractivity contribution in [2.75, 3.05) is 0 Å². The van der Waals surface area contributed by atoms with Crippen molar-refractivity contribution in [2.45, 2.75) is 6.92 Å². The Labute approximate surface area is 75.1 Å². The molecule has 0 unspecified atom stereocenters. The third-order valence-corrected chi connectivity index (χ3v) is 1.27. The highest BCUT2D eigenvalue weighted by molar-refractivity contribution is 5.72. The lowest BCUT2D eigenvalue weighted by Crippen LogP contribution is -1.99. The van der Waals surface area contributed by atoms with Crippen LogP contribution >= 0.6 is 0 Å². The summed E-state index contributed by atoms with van der Waals surface area (Å²) in [6.45, 7) is 1.54. The third-order valence-electron chi connectivity index (χ3n) is 1.27. The molecule has 0 fully saturated rings. The molecule has 1 rings (SSSR count). The van der Waals surface area contributed by atoms with Gasteiger partial charge in [-0.1, -0.05) is 5.11 Å². The zero-order valence-electron chi connectivity index (χ0n) is 7.06. The van der Waals surface area contributed by atoms with Crippen LogP contribution in [0.3, 0.4) is 0 Å². The fourth-order valence-corrected chi connectivity index (χ4v) is 0.809. The molecule has 0 amide bonds. The Morgan fingerprint density at radius 3 is 2.54 bits per heavy atom. The lowest BCUT2D eigenvalue weighted by atomic mass is 10.3. The second kappa shape index (κ2) is 4.13. The molecular weight excluding hydrogens is 168 g/mol. The van der Waals surface area contributed by atoms with E-state index in [2.05, 4.69) is 10.0 Å². The Bertz CT molecular complexity index is 351. The average Bonchev–Trinajstić information content (AvgIpc) is 2.08. The third kappa shape index (κ3) is 2.84. The number of ether oxygens (including phenoxy) is 1. The zero-order valence-corrected chi connectivity index (χ0v) is 7.06. The van der Waals surface area contributed by atoms with Crippen LogP contribution in [0.25, 0.3) is 10.4 Å². The number of hydrogen-bond acceptors (Lipinski definition) is 3. The lowest BCUT2D eigenvalue weighted by Gasteiger charge is -2.01. The first-order valence-electron chi connectivity index (χ1n) is 3.60. The van der Waals surface area contributed by atoms with Gasteiger partial charge in [-0.15, -0.1) is 0 Å². The quantitative estimate of drug-likeness (QED) is 0.242. The van der Waals surface area contributed by atoms with Crippen LogP contribution in [0.1, 0.15) is 6.92 Å². The van der Waals surface area contributed by atoms with Crippen molar-refractivity contribution in [2.24, 2.45) is 5.11 Å². The predicted molar refractivity (Wildman–Crippen MR) is 49.3 cm³/mol. The molecule has 1 N–H and O–H groups in total. The summed E-state index contributed by atoms with van der Waals surface area (Å²) in [5, 5.41) is 10.5. The molecule has 1 aromatic carbocycles. The van der Waals surface area contributed by atoms with Crippen molar-refractivity contribution < 1.29 is 4.74 Å². The molecule has 0 saturated carbocycles. The smallest absolute Gasteiger partial charge is 0.184 e. The van der Waals surface area contributed by atoms with Crippen molar-refractivity contribution >= 4 is 11.6 Å². The summed E-state index contributed by atoms with van der Waals surface area (Å²) in [7, 11) is 0. The van der Waals surface area contributed by atoms with E-state index >= 15 is 0 Å². The highest BCUT2D eigenvalue weighted by atomic mass is 16.5. The van der Waals surface area contributed by atoms with Crippen LogP contribution in [0, 0.1) is 5.41 Å². The average molecular weight is 176 g/mol. The maximum Gasteiger partial charge on any atom is 0.184 e. The van der Waals surface area contributed by atoms with Crippen LogP contribution in [-0.4, -0.2) is 5.90 Å². The largest absolute Gasteiger partial charge is 0.444 e. The molecule has 0 radical (unpaired) electrons. The van der Waals surface area contributed by atoms with Gasteiger partial charge in [-0.2, -0.15) is 0 Å². The minimum absolute atomic E-state index is 0.122. The van der Waals surface area contributed by atoms with Gasteiger partial charge in [-0.05, 0) is 29.8 Å². The van der Waals surface area contributed by atoms with Gasteiger partial charge >= 0.3 is 0 Å². The lowest BCUT2D eigenvalue weighted by molar-refractivity contribution is 0.542. The summed E-state index contributed by atoms with van der Waals surface area (Å²) in [6, 6.07) is 6.53. The predicted octanol–water partition coefficient (Wildman–Crippen LogP) is 3.00. The first-order chi connectivity index (χ1) is 6.22. The molecular formula is C8H8N4O.